The van der Waals surface area contributed by atoms with E-state index in [1.807, 2.05) is 43.7 Å². The lowest BCUT2D eigenvalue weighted by Gasteiger charge is -2.04. The summed E-state index contributed by atoms with van der Waals surface area (Å²) in [6, 6.07) is 9.08. The van der Waals surface area contributed by atoms with E-state index in [-0.39, 0.29) is 5.78 Å². The number of para-hydroxylation sites is 1. The van der Waals surface area contributed by atoms with Crippen LogP contribution < -0.4 is 5.73 Å². The van der Waals surface area contributed by atoms with Crippen molar-refractivity contribution < 1.29 is 4.79 Å². The predicted octanol–water partition coefficient (Wildman–Crippen LogP) is 2.46. The molecule has 0 spiro atoms. The van der Waals surface area contributed by atoms with E-state index < -0.39 is 0 Å². The van der Waals surface area contributed by atoms with Gasteiger partial charge in [-0.05, 0) is 32.0 Å². The van der Waals surface area contributed by atoms with Crippen molar-refractivity contribution in [1.82, 2.24) is 4.57 Å². The van der Waals surface area contributed by atoms with Gasteiger partial charge in [0.05, 0.1) is 0 Å². The zero-order chi connectivity index (χ0) is 12.6. The molecule has 2 aromatic rings. The standard InChI is InChI=1S/C14H16N2O/c1-9-8-12(10(2)16(9)3)14(17)11-6-4-5-7-13(11)15/h4-8H,15H2,1-3H3. The number of rotatable bonds is 2. The fraction of sp³-hybridized carbons (Fsp3) is 0.214. The Bertz CT molecular complexity index is 582. The Hall–Kier alpha value is -2.03. The van der Waals surface area contributed by atoms with Crippen molar-refractivity contribution in [2.75, 3.05) is 5.73 Å². The molecule has 0 aliphatic carbocycles. The minimum absolute atomic E-state index is 0.00991. The van der Waals surface area contributed by atoms with Gasteiger partial charge in [-0.2, -0.15) is 0 Å². The molecule has 2 rings (SSSR count). The number of ketones is 1. The van der Waals surface area contributed by atoms with Gasteiger partial charge >= 0.3 is 0 Å². The number of nitrogens with two attached hydrogens (primary N) is 1. The summed E-state index contributed by atoms with van der Waals surface area (Å²) in [4.78, 5) is 12.4. The highest BCUT2D eigenvalue weighted by molar-refractivity contribution is 6.12. The molecule has 3 nitrogen and oxygen atoms in total. The Morgan fingerprint density at radius 1 is 1.18 bits per heavy atom. The highest BCUT2D eigenvalue weighted by atomic mass is 16.1. The maximum absolute atomic E-state index is 12.4. The summed E-state index contributed by atoms with van der Waals surface area (Å²) < 4.78 is 2.01. The zero-order valence-corrected chi connectivity index (χ0v) is 10.3. The lowest BCUT2D eigenvalue weighted by atomic mass is 10.0. The number of hydrogen-bond acceptors (Lipinski definition) is 2. The van der Waals surface area contributed by atoms with Crippen LogP contribution in [0.2, 0.25) is 0 Å². The molecule has 0 aliphatic heterocycles. The van der Waals surface area contributed by atoms with E-state index in [4.69, 9.17) is 5.73 Å². The molecule has 0 radical (unpaired) electrons. The lowest BCUT2D eigenvalue weighted by Crippen LogP contribution is -2.06. The van der Waals surface area contributed by atoms with Gasteiger partial charge in [-0.25, -0.2) is 0 Å². The minimum atomic E-state index is -0.00991. The van der Waals surface area contributed by atoms with Gasteiger partial charge in [-0.15, -0.1) is 0 Å². The first kappa shape index (κ1) is 11.5. The largest absolute Gasteiger partial charge is 0.398 e. The van der Waals surface area contributed by atoms with Gasteiger partial charge in [0.25, 0.3) is 0 Å². The smallest absolute Gasteiger partial charge is 0.196 e. The van der Waals surface area contributed by atoms with Crippen LogP contribution in [0.25, 0.3) is 0 Å². The third-order valence-electron chi connectivity index (χ3n) is 3.23. The van der Waals surface area contributed by atoms with Gasteiger partial charge in [0.15, 0.2) is 5.78 Å². The molecule has 1 heterocycles. The molecule has 0 saturated carbocycles. The summed E-state index contributed by atoms with van der Waals surface area (Å²) in [5.74, 6) is -0.00991. The van der Waals surface area contributed by atoms with E-state index in [1.54, 1.807) is 12.1 Å². The topological polar surface area (TPSA) is 48.0 Å². The van der Waals surface area contributed by atoms with Crippen LogP contribution in [-0.2, 0) is 7.05 Å². The van der Waals surface area contributed by atoms with E-state index in [9.17, 15) is 4.79 Å². The summed E-state index contributed by atoms with van der Waals surface area (Å²) in [5.41, 5.74) is 9.69. The van der Waals surface area contributed by atoms with Crippen LogP contribution >= 0.6 is 0 Å². The number of carbonyl (C=O) groups is 1. The van der Waals surface area contributed by atoms with Gasteiger partial charge in [-0.3, -0.25) is 4.79 Å². The molecule has 0 saturated heterocycles. The average Bonchev–Trinajstić information content (AvgIpc) is 2.57. The van der Waals surface area contributed by atoms with E-state index in [0.29, 0.717) is 11.3 Å². The number of aryl methyl sites for hydroxylation is 1. The Morgan fingerprint density at radius 2 is 1.82 bits per heavy atom. The van der Waals surface area contributed by atoms with Crippen molar-refractivity contribution in [3.05, 3.63) is 52.8 Å². The van der Waals surface area contributed by atoms with Crippen LogP contribution in [0, 0.1) is 13.8 Å². The number of carbonyl (C=O) groups excluding carboxylic acids is 1. The summed E-state index contributed by atoms with van der Waals surface area (Å²) in [6.45, 7) is 3.93. The maximum Gasteiger partial charge on any atom is 0.196 e. The number of aromatic nitrogens is 1. The highest BCUT2D eigenvalue weighted by Gasteiger charge is 2.17. The minimum Gasteiger partial charge on any atom is -0.398 e. The van der Waals surface area contributed by atoms with Crippen LogP contribution in [-0.4, -0.2) is 10.4 Å². The summed E-state index contributed by atoms with van der Waals surface area (Å²) in [7, 11) is 1.95. The molecule has 0 amide bonds. The fourth-order valence-corrected chi connectivity index (χ4v) is 1.93. The Kier molecular flexibility index (Phi) is 2.76. The van der Waals surface area contributed by atoms with E-state index in [0.717, 1.165) is 17.0 Å². The van der Waals surface area contributed by atoms with Crippen molar-refractivity contribution in [1.29, 1.82) is 0 Å². The number of anilines is 1. The molecule has 1 aromatic carbocycles. The first-order valence-electron chi connectivity index (χ1n) is 5.54. The van der Waals surface area contributed by atoms with Crippen molar-refractivity contribution in [3.63, 3.8) is 0 Å². The van der Waals surface area contributed by atoms with Crippen molar-refractivity contribution in [3.8, 4) is 0 Å². The summed E-state index contributed by atoms with van der Waals surface area (Å²) >= 11 is 0. The molecule has 0 bridgehead atoms. The number of nitrogen functional groups attached to an aromatic ring is 1. The molecule has 0 fully saturated rings. The van der Waals surface area contributed by atoms with Crippen LogP contribution in [0.1, 0.15) is 27.3 Å². The third-order valence-corrected chi connectivity index (χ3v) is 3.23. The molecule has 88 valence electrons. The first-order valence-corrected chi connectivity index (χ1v) is 5.54. The summed E-state index contributed by atoms with van der Waals surface area (Å²) in [5, 5.41) is 0. The number of nitrogens with zero attached hydrogens (tertiary/aromatic N) is 1. The Balaban J connectivity index is 2.52. The predicted molar refractivity (Wildman–Crippen MR) is 69.2 cm³/mol. The van der Waals surface area contributed by atoms with Gasteiger partial charge in [0, 0.05) is 35.2 Å². The van der Waals surface area contributed by atoms with Crippen molar-refractivity contribution >= 4 is 11.5 Å². The van der Waals surface area contributed by atoms with Crippen LogP contribution in [0.5, 0.6) is 0 Å². The normalized spacial score (nSPS) is 10.5. The van der Waals surface area contributed by atoms with Gasteiger partial charge < -0.3 is 10.3 Å². The fourth-order valence-electron chi connectivity index (χ4n) is 1.93. The molecule has 3 heteroatoms. The molecule has 1 aromatic heterocycles. The molecular weight excluding hydrogens is 212 g/mol. The quantitative estimate of drug-likeness (QED) is 0.634. The highest BCUT2D eigenvalue weighted by Crippen LogP contribution is 2.20. The first-order chi connectivity index (χ1) is 8.02. The molecule has 0 atom stereocenters. The van der Waals surface area contributed by atoms with Crippen LogP contribution in [0.4, 0.5) is 5.69 Å². The second kappa shape index (κ2) is 4.09. The Morgan fingerprint density at radius 3 is 2.35 bits per heavy atom. The Labute approximate surface area is 101 Å². The van der Waals surface area contributed by atoms with Gasteiger partial charge in [0.2, 0.25) is 0 Å². The molecular formula is C14H16N2O. The van der Waals surface area contributed by atoms with E-state index >= 15 is 0 Å². The van der Waals surface area contributed by atoms with E-state index in [2.05, 4.69) is 0 Å². The summed E-state index contributed by atoms with van der Waals surface area (Å²) in [6.07, 6.45) is 0. The third kappa shape index (κ3) is 1.84. The maximum atomic E-state index is 12.4. The molecule has 17 heavy (non-hydrogen) atoms. The lowest BCUT2D eigenvalue weighted by molar-refractivity contribution is 0.103. The molecule has 0 unspecified atom stereocenters. The van der Waals surface area contributed by atoms with Gasteiger partial charge in [0.1, 0.15) is 0 Å². The van der Waals surface area contributed by atoms with Crippen LogP contribution in [0.15, 0.2) is 30.3 Å². The number of benzene rings is 1. The van der Waals surface area contributed by atoms with Crippen molar-refractivity contribution in [2.45, 2.75) is 13.8 Å². The SMILES string of the molecule is Cc1cc(C(=O)c2ccccc2N)c(C)n1C. The zero-order valence-electron chi connectivity index (χ0n) is 10.3. The van der Waals surface area contributed by atoms with Crippen molar-refractivity contribution in [2.24, 2.45) is 7.05 Å². The average molecular weight is 228 g/mol. The molecule has 0 aliphatic rings. The number of hydrogen-bond donors (Lipinski definition) is 1. The van der Waals surface area contributed by atoms with Crippen LogP contribution in [0.3, 0.4) is 0 Å². The second-order valence-corrected chi connectivity index (χ2v) is 4.26. The van der Waals surface area contributed by atoms with E-state index in [1.165, 1.54) is 0 Å². The van der Waals surface area contributed by atoms with Gasteiger partial charge in [-0.1, -0.05) is 12.1 Å². The second-order valence-electron chi connectivity index (χ2n) is 4.26. The monoisotopic (exact) mass is 228 g/mol. The molecule has 2 N–H and O–H groups in total.